The Morgan fingerprint density at radius 1 is 1.13 bits per heavy atom. The average Bonchev–Trinajstić information content (AvgIpc) is 3.49. The summed E-state index contributed by atoms with van der Waals surface area (Å²) in [6.07, 6.45) is 7.70. The molecule has 0 N–H and O–H groups in total. The zero-order chi connectivity index (χ0) is 21.4. The van der Waals surface area contributed by atoms with Crippen LogP contribution in [0.1, 0.15) is 29.2 Å². The quantitative estimate of drug-likeness (QED) is 0.438. The number of halogens is 2. The van der Waals surface area contributed by atoms with Crippen LogP contribution in [0, 0.1) is 0 Å². The lowest BCUT2D eigenvalue weighted by Gasteiger charge is -2.15. The van der Waals surface area contributed by atoms with Gasteiger partial charge >= 0.3 is 0 Å². The zero-order valence-corrected chi connectivity index (χ0v) is 17.8. The predicted molar refractivity (Wildman–Crippen MR) is 113 cm³/mol. The van der Waals surface area contributed by atoms with E-state index < -0.39 is 0 Å². The maximum atomic E-state index is 12.9. The van der Waals surface area contributed by atoms with Gasteiger partial charge in [-0.2, -0.15) is 15.3 Å². The Hall–Kier alpha value is -2.88. The zero-order valence-electron chi connectivity index (χ0n) is 16.3. The van der Waals surface area contributed by atoms with Crippen molar-refractivity contribution >= 4 is 34.6 Å². The van der Waals surface area contributed by atoms with Gasteiger partial charge < -0.3 is 4.74 Å². The lowest BCUT2D eigenvalue weighted by molar-refractivity contribution is -0.117. The summed E-state index contributed by atoms with van der Waals surface area (Å²) in [7, 11) is 0. The first-order valence-electron chi connectivity index (χ1n) is 9.72. The van der Waals surface area contributed by atoms with Crippen molar-refractivity contribution in [2.24, 2.45) is 0 Å². The first-order valence-corrected chi connectivity index (χ1v) is 10.5. The maximum absolute atomic E-state index is 12.9. The van der Waals surface area contributed by atoms with E-state index in [0.29, 0.717) is 40.4 Å². The van der Waals surface area contributed by atoms with Crippen molar-refractivity contribution in [3.8, 4) is 5.82 Å². The molecule has 0 spiro atoms. The molecule has 1 saturated heterocycles. The Kier molecular flexibility index (Phi) is 5.39. The van der Waals surface area contributed by atoms with Crippen LogP contribution in [0.5, 0.6) is 0 Å². The van der Waals surface area contributed by atoms with Crippen molar-refractivity contribution in [2.45, 2.75) is 25.2 Å². The van der Waals surface area contributed by atoms with Gasteiger partial charge in [-0.1, -0.05) is 23.2 Å². The van der Waals surface area contributed by atoms with E-state index in [4.69, 9.17) is 27.9 Å². The van der Waals surface area contributed by atoms with Gasteiger partial charge in [0.25, 0.3) is 0 Å². The van der Waals surface area contributed by atoms with E-state index in [1.807, 2.05) is 0 Å². The van der Waals surface area contributed by atoms with E-state index in [1.54, 1.807) is 41.4 Å². The van der Waals surface area contributed by atoms with E-state index >= 15 is 0 Å². The maximum Gasteiger partial charge on any atom is 0.193 e. The molecule has 158 valence electrons. The molecule has 4 aromatic rings. The molecule has 0 radical (unpaired) electrons. The third-order valence-corrected chi connectivity index (χ3v) is 5.63. The second kappa shape index (κ2) is 8.33. The van der Waals surface area contributed by atoms with Crippen molar-refractivity contribution in [3.05, 3.63) is 63.9 Å². The van der Waals surface area contributed by atoms with Crippen LogP contribution < -0.4 is 0 Å². The van der Waals surface area contributed by atoms with Gasteiger partial charge in [0.2, 0.25) is 0 Å². The van der Waals surface area contributed by atoms with Crippen molar-refractivity contribution in [2.75, 3.05) is 13.2 Å². The van der Waals surface area contributed by atoms with Crippen LogP contribution in [0.4, 0.5) is 0 Å². The molecule has 1 unspecified atom stereocenters. The molecular formula is C20H17Cl2N7O2. The number of fused-ring (bicyclic) bond motifs is 1. The number of ether oxygens (including phenoxy) is 1. The molecule has 4 aromatic heterocycles. The Labute approximate surface area is 187 Å². The van der Waals surface area contributed by atoms with Crippen LogP contribution in [0.15, 0.2) is 36.9 Å². The summed E-state index contributed by atoms with van der Waals surface area (Å²) >= 11 is 12.4. The molecule has 0 amide bonds. The highest BCUT2D eigenvalue weighted by atomic mass is 35.5. The number of nitrogens with zero attached hydrogens (tertiary/aromatic N) is 7. The summed E-state index contributed by atoms with van der Waals surface area (Å²) in [6.45, 7) is 1.26. The van der Waals surface area contributed by atoms with Gasteiger partial charge in [0, 0.05) is 43.8 Å². The molecule has 1 atom stereocenters. The number of carbonyl (C=O) groups is 1. The first-order chi connectivity index (χ1) is 15.1. The van der Waals surface area contributed by atoms with Gasteiger partial charge in [0.05, 0.1) is 29.7 Å². The molecule has 11 heteroatoms. The Balaban J connectivity index is 1.39. The van der Waals surface area contributed by atoms with Crippen LogP contribution in [0.25, 0.3) is 11.5 Å². The van der Waals surface area contributed by atoms with Crippen LogP contribution in [0.2, 0.25) is 10.2 Å². The van der Waals surface area contributed by atoms with E-state index in [2.05, 4.69) is 25.3 Å². The number of hydrogen-bond donors (Lipinski definition) is 0. The number of ketones is 1. The number of hydrogen-bond acceptors (Lipinski definition) is 7. The molecule has 0 aliphatic carbocycles. The number of Topliss-reactive ketones (excluding diaryl/α,β-unsaturated/α-hetero) is 1. The SMILES string of the molecule is O=C(Cc1cnc(-n2nccn2)c(Cl)c1)Cc1cnc2cc(Cl)nn2c1C1CCOC1. The summed E-state index contributed by atoms with van der Waals surface area (Å²) < 4.78 is 7.29. The van der Waals surface area contributed by atoms with Crippen LogP contribution >= 0.6 is 23.2 Å². The van der Waals surface area contributed by atoms with Gasteiger partial charge in [-0.15, -0.1) is 4.80 Å². The third kappa shape index (κ3) is 4.04. The smallest absolute Gasteiger partial charge is 0.193 e. The summed E-state index contributed by atoms with van der Waals surface area (Å²) in [5.74, 6) is 0.570. The van der Waals surface area contributed by atoms with E-state index in [1.165, 1.54) is 4.80 Å². The lowest BCUT2D eigenvalue weighted by atomic mass is 9.96. The standard InChI is InChI=1S/C20H17Cl2N7O2/c21-16-6-12(9-24-20(16)29-25-2-3-26-29)5-15(30)7-14-10-23-18-8-17(22)27-28(18)19(14)13-1-4-31-11-13/h2-3,6,8-10,13H,1,4-5,7,11H2. The fourth-order valence-electron chi connectivity index (χ4n) is 3.82. The Morgan fingerprint density at radius 3 is 2.71 bits per heavy atom. The minimum Gasteiger partial charge on any atom is -0.381 e. The van der Waals surface area contributed by atoms with E-state index in [0.717, 1.165) is 17.7 Å². The van der Waals surface area contributed by atoms with Crippen molar-refractivity contribution in [3.63, 3.8) is 0 Å². The second-order valence-electron chi connectivity index (χ2n) is 7.33. The molecule has 5 heterocycles. The third-order valence-electron chi connectivity index (χ3n) is 5.16. The van der Waals surface area contributed by atoms with Crippen LogP contribution in [0.3, 0.4) is 0 Å². The molecule has 0 saturated carbocycles. The number of carbonyl (C=O) groups excluding carboxylic acids is 1. The summed E-state index contributed by atoms with van der Waals surface area (Å²) in [4.78, 5) is 23.0. The van der Waals surface area contributed by atoms with Gasteiger partial charge in [0.1, 0.15) is 5.78 Å². The number of pyridine rings is 1. The Morgan fingerprint density at radius 2 is 1.97 bits per heavy atom. The summed E-state index contributed by atoms with van der Waals surface area (Å²) in [5, 5.41) is 13.2. The fourth-order valence-corrected chi connectivity index (χ4v) is 4.26. The fraction of sp³-hybridized carbons (Fsp3) is 0.300. The highest BCUT2D eigenvalue weighted by Gasteiger charge is 2.26. The number of aromatic nitrogens is 7. The van der Waals surface area contributed by atoms with Crippen molar-refractivity contribution in [1.29, 1.82) is 0 Å². The van der Waals surface area contributed by atoms with Crippen molar-refractivity contribution in [1.82, 2.24) is 34.6 Å². The molecule has 9 nitrogen and oxygen atoms in total. The topological polar surface area (TPSA) is 100 Å². The minimum atomic E-state index is 0.0161. The largest absolute Gasteiger partial charge is 0.381 e. The van der Waals surface area contributed by atoms with Crippen molar-refractivity contribution < 1.29 is 9.53 Å². The summed E-state index contributed by atoms with van der Waals surface area (Å²) in [5.41, 5.74) is 3.12. The number of rotatable bonds is 6. The highest BCUT2D eigenvalue weighted by Crippen LogP contribution is 2.29. The monoisotopic (exact) mass is 457 g/mol. The lowest BCUT2D eigenvalue weighted by Crippen LogP contribution is -2.16. The molecule has 0 aromatic carbocycles. The minimum absolute atomic E-state index is 0.0161. The van der Waals surface area contributed by atoms with Gasteiger partial charge in [-0.25, -0.2) is 14.5 Å². The van der Waals surface area contributed by atoms with E-state index in [9.17, 15) is 4.79 Å². The average molecular weight is 458 g/mol. The summed E-state index contributed by atoms with van der Waals surface area (Å²) in [6, 6.07) is 3.42. The first kappa shape index (κ1) is 20.0. The molecule has 5 rings (SSSR count). The van der Waals surface area contributed by atoms with Crippen LogP contribution in [-0.2, 0) is 22.4 Å². The Bertz CT molecular complexity index is 1250. The molecular weight excluding hydrogens is 441 g/mol. The van der Waals surface area contributed by atoms with Gasteiger partial charge in [-0.3, -0.25) is 4.79 Å². The molecule has 31 heavy (non-hydrogen) atoms. The molecule has 1 aliphatic heterocycles. The second-order valence-corrected chi connectivity index (χ2v) is 8.12. The van der Waals surface area contributed by atoms with E-state index in [-0.39, 0.29) is 24.5 Å². The molecule has 0 bridgehead atoms. The normalized spacial score (nSPS) is 16.3. The molecule has 1 fully saturated rings. The van der Waals surface area contributed by atoms with Gasteiger partial charge in [0.15, 0.2) is 16.6 Å². The van der Waals surface area contributed by atoms with Crippen LogP contribution in [-0.4, -0.2) is 53.6 Å². The molecule has 1 aliphatic rings. The predicted octanol–water partition coefficient (Wildman–Crippen LogP) is 2.87. The van der Waals surface area contributed by atoms with Gasteiger partial charge in [-0.05, 0) is 23.6 Å². The highest BCUT2D eigenvalue weighted by molar-refractivity contribution is 6.32.